The van der Waals surface area contributed by atoms with E-state index < -0.39 is 0 Å². The van der Waals surface area contributed by atoms with Crippen LogP contribution in [-0.2, 0) is 4.79 Å². The van der Waals surface area contributed by atoms with Crippen LogP contribution in [0.5, 0.6) is 0 Å². The number of amidine groups is 1. The molecule has 0 saturated carbocycles. The monoisotopic (exact) mass is 221 g/mol. The normalized spacial score (nSPS) is 11.1. The van der Waals surface area contributed by atoms with Gasteiger partial charge in [-0.25, -0.2) is 5.84 Å². The predicted molar refractivity (Wildman–Crippen MR) is 65.1 cm³/mol. The Morgan fingerprint density at radius 1 is 1.25 bits per heavy atom. The molecule has 4 N–H and O–H groups in total. The van der Waals surface area contributed by atoms with Crippen LogP contribution in [0.1, 0.15) is 0 Å². The van der Waals surface area contributed by atoms with E-state index in [4.69, 9.17) is 11.6 Å². The first-order valence-electron chi connectivity index (χ1n) is 4.66. The van der Waals surface area contributed by atoms with Crippen LogP contribution in [0.15, 0.2) is 29.4 Å². The molecule has 16 heavy (non-hydrogen) atoms. The number of anilines is 2. The Bertz CT molecular complexity index is 385. The van der Waals surface area contributed by atoms with E-state index >= 15 is 0 Å². The summed E-state index contributed by atoms with van der Waals surface area (Å²) in [6.07, 6.45) is 0.439. The third kappa shape index (κ3) is 2.96. The molecule has 1 rings (SSSR count). The van der Waals surface area contributed by atoms with Gasteiger partial charge in [-0.05, 0) is 24.3 Å². The standard InChI is InChI=1S/C10H15N5O/c1-14(2)8-3-5-9(6-4-8)15(12)13-10(11)7-16/h3-7H,12H2,1-2H3,(H2,11,13). The lowest BCUT2D eigenvalue weighted by Gasteiger charge is -2.15. The maximum absolute atomic E-state index is 10.3. The zero-order valence-electron chi connectivity index (χ0n) is 9.29. The Morgan fingerprint density at radius 3 is 2.19 bits per heavy atom. The Labute approximate surface area is 94.1 Å². The number of hydrazone groups is 1. The molecule has 1 aromatic rings. The minimum atomic E-state index is -0.167. The van der Waals surface area contributed by atoms with E-state index in [1.54, 1.807) is 12.1 Å². The van der Waals surface area contributed by atoms with Crippen molar-refractivity contribution in [2.75, 3.05) is 24.1 Å². The summed E-state index contributed by atoms with van der Waals surface area (Å²) >= 11 is 0. The van der Waals surface area contributed by atoms with Gasteiger partial charge >= 0.3 is 0 Å². The van der Waals surface area contributed by atoms with Crippen molar-refractivity contribution >= 4 is 23.5 Å². The molecule has 0 aliphatic rings. The van der Waals surface area contributed by atoms with Gasteiger partial charge in [-0.1, -0.05) is 0 Å². The number of nitrogens with two attached hydrogens (primary N) is 2. The van der Waals surface area contributed by atoms with Gasteiger partial charge in [0, 0.05) is 19.8 Å². The van der Waals surface area contributed by atoms with Crippen LogP contribution in [0.4, 0.5) is 11.4 Å². The van der Waals surface area contributed by atoms with Gasteiger partial charge in [0.1, 0.15) is 0 Å². The van der Waals surface area contributed by atoms with Gasteiger partial charge in [-0.2, -0.15) is 5.12 Å². The van der Waals surface area contributed by atoms with E-state index in [0.29, 0.717) is 12.0 Å². The third-order valence-electron chi connectivity index (χ3n) is 1.97. The summed E-state index contributed by atoms with van der Waals surface area (Å²) < 4.78 is 0. The first kappa shape index (κ1) is 12.0. The van der Waals surface area contributed by atoms with E-state index in [0.717, 1.165) is 10.8 Å². The summed E-state index contributed by atoms with van der Waals surface area (Å²) in [7, 11) is 3.88. The van der Waals surface area contributed by atoms with Crippen molar-refractivity contribution < 1.29 is 4.79 Å². The van der Waals surface area contributed by atoms with Crippen LogP contribution in [0.2, 0.25) is 0 Å². The highest BCUT2D eigenvalue weighted by Crippen LogP contribution is 2.17. The van der Waals surface area contributed by atoms with Gasteiger partial charge in [0.25, 0.3) is 0 Å². The fraction of sp³-hybridized carbons (Fsp3) is 0.200. The molecule has 0 bridgehead atoms. The molecule has 0 aliphatic carbocycles. The molecule has 1 aromatic carbocycles. The van der Waals surface area contributed by atoms with Crippen molar-refractivity contribution in [3.63, 3.8) is 0 Å². The molecule has 0 radical (unpaired) electrons. The summed E-state index contributed by atoms with van der Waals surface area (Å²) in [5.74, 6) is 5.42. The zero-order chi connectivity index (χ0) is 12.1. The van der Waals surface area contributed by atoms with E-state index in [-0.39, 0.29) is 5.84 Å². The van der Waals surface area contributed by atoms with Crippen molar-refractivity contribution in [2.45, 2.75) is 0 Å². The van der Waals surface area contributed by atoms with Crippen LogP contribution in [0.3, 0.4) is 0 Å². The number of carbonyl (C=O) groups excluding carboxylic acids is 1. The number of hydrazine groups is 1. The van der Waals surface area contributed by atoms with Gasteiger partial charge in [-0.3, -0.25) is 4.79 Å². The number of hydrogen-bond donors (Lipinski definition) is 2. The first-order valence-corrected chi connectivity index (χ1v) is 4.66. The van der Waals surface area contributed by atoms with E-state index in [1.165, 1.54) is 0 Å². The number of benzene rings is 1. The smallest absolute Gasteiger partial charge is 0.186 e. The summed E-state index contributed by atoms with van der Waals surface area (Å²) in [4.78, 5) is 12.2. The lowest BCUT2D eigenvalue weighted by molar-refractivity contribution is -0.102. The van der Waals surface area contributed by atoms with Crippen molar-refractivity contribution in [1.29, 1.82) is 0 Å². The molecule has 0 aliphatic heterocycles. The Balaban J connectivity index is 2.85. The molecular formula is C10H15N5O. The molecule has 86 valence electrons. The molecule has 6 nitrogen and oxygen atoms in total. The number of nitrogens with zero attached hydrogens (tertiary/aromatic N) is 3. The molecule has 0 fully saturated rings. The number of rotatable bonds is 4. The van der Waals surface area contributed by atoms with Crippen molar-refractivity contribution in [3.8, 4) is 0 Å². The van der Waals surface area contributed by atoms with Crippen LogP contribution in [0.25, 0.3) is 0 Å². The molecule has 0 atom stereocenters. The fourth-order valence-electron chi connectivity index (χ4n) is 1.11. The minimum Gasteiger partial charge on any atom is -0.379 e. The second-order valence-corrected chi connectivity index (χ2v) is 3.40. The number of carbonyl (C=O) groups is 1. The molecule has 0 unspecified atom stereocenters. The molecule has 0 aromatic heterocycles. The quantitative estimate of drug-likeness (QED) is 0.244. The predicted octanol–water partition coefficient (Wildman–Crippen LogP) is -0.0962. The summed E-state index contributed by atoms with van der Waals surface area (Å²) in [6.45, 7) is 0. The summed E-state index contributed by atoms with van der Waals surface area (Å²) in [5, 5.41) is 4.72. The largest absolute Gasteiger partial charge is 0.379 e. The highest BCUT2D eigenvalue weighted by Gasteiger charge is 2.01. The van der Waals surface area contributed by atoms with Gasteiger partial charge in [0.15, 0.2) is 12.1 Å². The maximum atomic E-state index is 10.3. The van der Waals surface area contributed by atoms with Gasteiger partial charge < -0.3 is 10.6 Å². The Morgan fingerprint density at radius 2 is 1.75 bits per heavy atom. The van der Waals surface area contributed by atoms with Crippen molar-refractivity contribution in [3.05, 3.63) is 24.3 Å². The minimum absolute atomic E-state index is 0.167. The van der Waals surface area contributed by atoms with Gasteiger partial charge in [0.05, 0.1) is 5.69 Å². The van der Waals surface area contributed by atoms with Gasteiger partial charge in [0.2, 0.25) is 0 Å². The molecule has 0 spiro atoms. The average molecular weight is 221 g/mol. The first-order chi connectivity index (χ1) is 7.54. The highest BCUT2D eigenvalue weighted by molar-refractivity contribution is 6.26. The molecular weight excluding hydrogens is 206 g/mol. The summed E-state index contributed by atoms with van der Waals surface area (Å²) in [6, 6.07) is 7.36. The number of aldehydes is 1. The average Bonchev–Trinajstić information content (AvgIpc) is 2.28. The van der Waals surface area contributed by atoms with Crippen LogP contribution >= 0.6 is 0 Å². The summed E-state index contributed by atoms with van der Waals surface area (Å²) in [5.41, 5.74) is 6.94. The second kappa shape index (κ2) is 5.13. The van der Waals surface area contributed by atoms with Crippen molar-refractivity contribution in [1.82, 2.24) is 0 Å². The number of hydrogen-bond acceptors (Lipinski definition) is 5. The van der Waals surface area contributed by atoms with Crippen LogP contribution in [-0.4, -0.2) is 26.2 Å². The zero-order valence-corrected chi connectivity index (χ0v) is 9.29. The maximum Gasteiger partial charge on any atom is 0.186 e. The fourth-order valence-corrected chi connectivity index (χ4v) is 1.11. The van der Waals surface area contributed by atoms with Crippen LogP contribution in [0, 0.1) is 0 Å². The van der Waals surface area contributed by atoms with E-state index in [2.05, 4.69) is 5.10 Å². The van der Waals surface area contributed by atoms with E-state index in [1.807, 2.05) is 31.1 Å². The van der Waals surface area contributed by atoms with Gasteiger partial charge in [-0.15, -0.1) is 5.10 Å². The lowest BCUT2D eigenvalue weighted by atomic mass is 10.3. The highest BCUT2D eigenvalue weighted by atomic mass is 16.1. The second-order valence-electron chi connectivity index (χ2n) is 3.40. The lowest BCUT2D eigenvalue weighted by Crippen LogP contribution is -2.29. The van der Waals surface area contributed by atoms with E-state index in [9.17, 15) is 4.79 Å². The molecule has 0 heterocycles. The van der Waals surface area contributed by atoms with Crippen LogP contribution < -0.4 is 21.6 Å². The molecule has 0 saturated heterocycles. The third-order valence-corrected chi connectivity index (χ3v) is 1.97. The Hall–Kier alpha value is -2.08. The van der Waals surface area contributed by atoms with Crippen molar-refractivity contribution in [2.24, 2.45) is 16.7 Å². The molecule has 0 amide bonds. The SMILES string of the molecule is CN(C)c1ccc(N(N)/N=C(\N)C=O)cc1. The molecule has 6 heteroatoms. The topological polar surface area (TPSA) is 87.9 Å². The Kier molecular flexibility index (Phi) is 3.84.